The quantitative estimate of drug-likeness (QED) is 0.257. The first-order valence-electron chi connectivity index (χ1n) is 10.8. The maximum absolute atomic E-state index is 13.9. The second-order valence-corrected chi connectivity index (χ2v) is 10.6. The number of hydrogen-bond acceptors (Lipinski definition) is 5. The van der Waals surface area contributed by atoms with E-state index in [0.717, 1.165) is 19.3 Å². The van der Waals surface area contributed by atoms with Crippen LogP contribution in [0.3, 0.4) is 0 Å². The van der Waals surface area contributed by atoms with Crippen LogP contribution in [0.1, 0.15) is 25.7 Å². The van der Waals surface area contributed by atoms with Gasteiger partial charge in [-0.05, 0) is 59.1 Å². The Labute approximate surface area is 216 Å². The second kappa shape index (κ2) is 12.5. The topological polar surface area (TPSA) is 113 Å². The number of carbonyl (C=O) groups is 1. The molecule has 0 saturated heterocycles. The number of methoxy groups -OCH3 is 1. The number of unbranched alkanes of at least 4 members (excludes halogenated alkanes) is 3. The summed E-state index contributed by atoms with van der Waals surface area (Å²) in [6.45, 7) is 0.763. The molecule has 3 aromatic rings. The Morgan fingerprint density at radius 3 is 2.54 bits per heavy atom. The minimum atomic E-state index is -3.84. The molecule has 3 N–H and O–H groups in total. The maximum Gasteiger partial charge on any atom is 0.406 e. The number of hydrogen-bond donors (Lipinski definition) is 3. The third-order valence-electron chi connectivity index (χ3n) is 5.14. The molecule has 0 saturated carbocycles. The lowest BCUT2D eigenvalue weighted by molar-refractivity contribution is 0.171. The zero-order valence-corrected chi connectivity index (χ0v) is 22.1. The van der Waals surface area contributed by atoms with E-state index in [9.17, 15) is 17.6 Å². The molecule has 0 unspecified atom stereocenters. The summed E-state index contributed by atoms with van der Waals surface area (Å²) >= 11 is 9.32. The number of carbonyl (C=O) groups excluding carboxylic acids is 1. The van der Waals surface area contributed by atoms with Crippen LogP contribution in [0.5, 0.6) is 0 Å². The van der Waals surface area contributed by atoms with E-state index in [-0.39, 0.29) is 16.5 Å². The minimum Gasteiger partial charge on any atom is -0.453 e. The molecule has 0 aliphatic rings. The molecule has 3 rings (SSSR count). The van der Waals surface area contributed by atoms with E-state index in [2.05, 4.69) is 40.7 Å². The largest absolute Gasteiger partial charge is 0.453 e. The van der Waals surface area contributed by atoms with E-state index in [1.54, 1.807) is 24.4 Å². The average molecular weight is 588 g/mol. The van der Waals surface area contributed by atoms with Crippen molar-refractivity contribution in [1.29, 1.82) is 0 Å². The molecule has 1 heterocycles. The molecule has 0 spiro atoms. The summed E-state index contributed by atoms with van der Waals surface area (Å²) in [5.74, 6) is 0.0212. The Bertz CT molecular complexity index is 1290. The Hall–Kier alpha value is -2.47. The SMILES string of the molecule is COC(=O)NCCCCCCNS(=O)(=O)c1cc(-c2nc(-c3ccc(Br)c(F)c3)c[nH]2)ccc1Cl. The molecule has 8 nitrogen and oxygen atoms in total. The van der Waals surface area contributed by atoms with E-state index >= 15 is 0 Å². The number of alkyl carbamates (subject to hydrolysis) is 1. The molecule has 0 aliphatic carbocycles. The van der Waals surface area contributed by atoms with Gasteiger partial charge in [-0.2, -0.15) is 0 Å². The van der Waals surface area contributed by atoms with Crippen molar-refractivity contribution in [3.63, 3.8) is 0 Å². The third kappa shape index (κ3) is 7.50. The Morgan fingerprint density at radius 2 is 1.83 bits per heavy atom. The van der Waals surface area contributed by atoms with Gasteiger partial charge in [0.15, 0.2) is 0 Å². The molecule has 0 radical (unpaired) electrons. The smallest absolute Gasteiger partial charge is 0.406 e. The van der Waals surface area contributed by atoms with Crippen molar-refractivity contribution in [2.24, 2.45) is 0 Å². The van der Waals surface area contributed by atoms with Crippen LogP contribution in [-0.4, -0.2) is 44.7 Å². The van der Waals surface area contributed by atoms with E-state index in [1.165, 1.54) is 25.3 Å². The van der Waals surface area contributed by atoms with Gasteiger partial charge in [-0.1, -0.05) is 30.5 Å². The van der Waals surface area contributed by atoms with Crippen LogP contribution in [0.4, 0.5) is 9.18 Å². The number of halogens is 3. The summed E-state index contributed by atoms with van der Waals surface area (Å²) in [4.78, 5) is 18.4. The van der Waals surface area contributed by atoms with Crippen LogP contribution < -0.4 is 10.0 Å². The highest BCUT2D eigenvalue weighted by Gasteiger charge is 2.19. The third-order valence-corrected chi connectivity index (χ3v) is 7.72. The lowest BCUT2D eigenvalue weighted by atomic mass is 10.2. The number of aromatic nitrogens is 2. The highest BCUT2D eigenvalue weighted by atomic mass is 79.9. The number of imidazole rings is 1. The summed E-state index contributed by atoms with van der Waals surface area (Å²) < 4.78 is 47.0. The first-order chi connectivity index (χ1) is 16.7. The number of amides is 1. The van der Waals surface area contributed by atoms with E-state index in [4.69, 9.17) is 11.6 Å². The number of ether oxygens (including phenoxy) is 1. The Balaban J connectivity index is 1.61. The van der Waals surface area contributed by atoms with Crippen molar-refractivity contribution in [3.05, 3.63) is 57.9 Å². The second-order valence-electron chi connectivity index (χ2n) is 7.64. The summed E-state index contributed by atoms with van der Waals surface area (Å²) in [5.41, 5.74) is 1.63. The van der Waals surface area contributed by atoms with Crippen molar-refractivity contribution in [2.75, 3.05) is 20.2 Å². The molecular formula is C23H25BrClFN4O4S. The fourth-order valence-electron chi connectivity index (χ4n) is 3.28. The van der Waals surface area contributed by atoms with Crippen molar-refractivity contribution in [1.82, 2.24) is 20.0 Å². The van der Waals surface area contributed by atoms with Crippen molar-refractivity contribution >= 4 is 43.6 Å². The zero-order valence-electron chi connectivity index (χ0n) is 18.9. The number of nitrogens with one attached hydrogen (secondary N) is 3. The van der Waals surface area contributed by atoms with E-state index < -0.39 is 21.9 Å². The van der Waals surface area contributed by atoms with Crippen molar-refractivity contribution in [2.45, 2.75) is 30.6 Å². The molecule has 12 heteroatoms. The van der Waals surface area contributed by atoms with Gasteiger partial charge in [0, 0.05) is 30.4 Å². The molecule has 1 amide bonds. The van der Waals surface area contributed by atoms with Gasteiger partial charge in [-0.25, -0.2) is 27.3 Å². The molecule has 0 aliphatic heterocycles. The number of aromatic amines is 1. The fraction of sp³-hybridized carbons (Fsp3) is 0.304. The Kier molecular flexibility index (Phi) is 9.67. The monoisotopic (exact) mass is 586 g/mol. The molecule has 0 atom stereocenters. The van der Waals surface area contributed by atoms with Gasteiger partial charge in [0.1, 0.15) is 16.5 Å². The lowest BCUT2D eigenvalue weighted by Crippen LogP contribution is -2.25. The lowest BCUT2D eigenvalue weighted by Gasteiger charge is -2.10. The van der Waals surface area contributed by atoms with Crippen molar-refractivity contribution in [3.8, 4) is 22.6 Å². The summed E-state index contributed by atoms with van der Waals surface area (Å²) in [6, 6.07) is 9.30. The number of sulfonamides is 1. The summed E-state index contributed by atoms with van der Waals surface area (Å²) in [7, 11) is -2.53. The van der Waals surface area contributed by atoms with Gasteiger partial charge in [-0.15, -0.1) is 0 Å². The van der Waals surface area contributed by atoms with Crippen LogP contribution in [0, 0.1) is 5.82 Å². The van der Waals surface area contributed by atoms with Gasteiger partial charge >= 0.3 is 6.09 Å². The van der Waals surface area contributed by atoms with Gasteiger partial charge in [0.25, 0.3) is 0 Å². The molecule has 188 valence electrons. The summed E-state index contributed by atoms with van der Waals surface area (Å²) in [5, 5.41) is 2.69. The fourth-order valence-corrected chi connectivity index (χ4v) is 5.12. The molecule has 35 heavy (non-hydrogen) atoms. The molecule has 2 aromatic carbocycles. The summed E-state index contributed by atoms with van der Waals surface area (Å²) in [6.07, 6.45) is 4.20. The van der Waals surface area contributed by atoms with Gasteiger partial charge < -0.3 is 15.0 Å². The first-order valence-corrected chi connectivity index (χ1v) is 13.5. The molecule has 0 bridgehead atoms. The predicted octanol–water partition coefficient (Wildman–Crippen LogP) is 5.49. The van der Waals surface area contributed by atoms with Gasteiger partial charge in [0.05, 0.1) is 22.3 Å². The molecule has 1 aromatic heterocycles. The number of rotatable bonds is 11. The Morgan fingerprint density at radius 1 is 1.11 bits per heavy atom. The van der Waals surface area contributed by atoms with Gasteiger partial charge in [0.2, 0.25) is 10.0 Å². The highest BCUT2D eigenvalue weighted by molar-refractivity contribution is 9.10. The number of benzene rings is 2. The zero-order chi connectivity index (χ0) is 25.4. The first kappa shape index (κ1) is 27.1. The molecular weight excluding hydrogens is 563 g/mol. The minimum absolute atomic E-state index is 0.0495. The highest BCUT2D eigenvalue weighted by Crippen LogP contribution is 2.29. The predicted molar refractivity (Wildman–Crippen MR) is 136 cm³/mol. The van der Waals surface area contributed by atoms with Crippen LogP contribution >= 0.6 is 27.5 Å². The van der Waals surface area contributed by atoms with Crippen molar-refractivity contribution < 1.29 is 22.3 Å². The van der Waals surface area contributed by atoms with Gasteiger partial charge in [-0.3, -0.25) is 0 Å². The normalized spacial score (nSPS) is 11.4. The van der Waals surface area contributed by atoms with Crippen LogP contribution in [0.15, 0.2) is 52.0 Å². The van der Waals surface area contributed by atoms with E-state index in [0.29, 0.717) is 40.1 Å². The standard InChI is InChI=1S/C23H25BrClFN4O4S/c1-34-23(31)27-10-4-2-3-5-11-29-35(32,33)21-13-16(7-9-18(21)25)22-28-14-20(30-22)15-6-8-17(24)19(26)12-15/h6-9,12-14,29H,2-5,10-11H2,1H3,(H,27,31)(H,28,30). The van der Waals surface area contributed by atoms with Crippen LogP contribution in [0.2, 0.25) is 5.02 Å². The number of H-pyrrole nitrogens is 1. The molecule has 0 fully saturated rings. The van der Waals surface area contributed by atoms with Crippen LogP contribution in [-0.2, 0) is 14.8 Å². The number of nitrogens with zero attached hydrogens (tertiary/aromatic N) is 1. The van der Waals surface area contributed by atoms with Crippen LogP contribution in [0.25, 0.3) is 22.6 Å². The maximum atomic E-state index is 13.9. The average Bonchev–Trinajstić information content (AvgIpc) is 3.32. The van der Waals surface area contributed by atoms with E-state index in [1.807, 2.05) is 0 Å².